The van der Waals surface area contributed by atoms with Crippen LogP contribution < -0.4 is 15.0 Å². The minimum absolute atomic E-state index is 0.0714. The molecular weight excluding hydrogens is 240 g/mol. The second-order valence-corrected chi connectivity index (χ2v) is 5.35. The van der Waals surface area contributed by atoms with Gasteiger partial charge in [-0.25, -0.2) is 0 Å². The molecule has 1 amide bonds. The van der Waals surface area contributed by atoms with Crippen LogP contribution in [-0.2, 0) is 4.79 Å². The van der Waals surface area contributed by atoms with Crippen molar-refractivity contribution < 1.29 is 9.53 Å². The van der Waals surface area contributed by atoms with Crippen molar-refractivity contribution in [1.29, 1.82) is 0 Å². The molecule has 0 unspecified atom stereocenters. The van der Waals surface area contributed by atoms with Gasteiger partial charge in [0.05, 0.1) is 5.69 Å². The Bertz CT molecular complexity index is 467. The number of hydrogen-bond donors (Lipinski definition) is 1. The maximum absolute atomic E-state index is 12.2. The third-order valence-electron chi connectivity index (χ3n) is 4.11. The normalized spacial score (nSPS) is 19.2. The number of amides is 1. The highest BCUT2D eigenvalue weighted by molar-refractivity contribution is 6.01. The third kappa shape index (κ3) is 2.27. The summed E-state index contributed by atoms with van der Waals surface area (Å²) in [4.78, 5) is 14.1. The molecule has 2 aliphatic rings. The number of ether oxygens (including phenoxy) is 1. The molecule has 102 valence electrons. The summed E-state index contributed by atoms with van der Waals surface area (Å²) < 4.78 is 5.54. The van der Waals surface area contributed by atoms with Gasteiger partial charge in [0, 0.05) is 13.6 Å². The summed E-state index contributed by atoms with van der Waals surface area (Å²) in [5, 5.41) is 3.16. The minimum atomic E-state index is 0.0714. The summed E-state index contributed by atoms with van der Waals surface area (Å²) >= 11 is 0. The molecule has 0 bridgehead atoms. The van der Waals surface area contributed by atoms with E-state index in [0.29, 0.717) is 5.92 Å². The second kappa shape index (κ2) is 5.11. The summed E-state index contributed by atoms with van der Waals surface area (Å²) in [5.74, 6) is 1.52. The number of benzene rings is 1. The lowest BCUT2D eigenvalue weighted by Crippen LogP contribution is -2.41. The number of carbonyl (C=O) groups is 1. The smallest absolute Gasteiger partial charge is 0.265 e. The summed E-state index contributed by atoms with van der Waals surface area (Å²) in [6.45, 7) is 0.987. The quantitative estimate of drug-likeness (QED) is 0.908. The van der Waals surface area contributed by atoms with Gasteiger partial charge in [-0.1, -0.05) is 18.9 Å². The van der Waals surface area contributed by atoms with E-state index < -0.39 is 0 Å². The largest absolute Gasteiger partial charge is 0.481 e. The van der Waals surface area contributed by atoms with Gasteiger partial charge in [0.2, 0.25) is 0 Å². The first-order chi connectivity index (χ1) is 9.29. The Morgan fingerprint density at radius 3 is 2.89 bits per heavy atom. The molecule has 0 atom stereocenters. The molecule has 1 aliphatic heterocycles. The van der Waals surface area contributed by atoms with Crippen molar-refractivity contribution in [2.24, 2.45) is 5.92 Å². The SMILES string of the molecule is CNc1cccc2c1N(CC1CCCC1)C(=O)CO2. The zero-order valence-electron chi connectivity index (χ0n) is 11.3. The zero-order chi connectivity index (χ0) is 13.2. The Labute approximate surface area is 113 Å². The Kier molecular flexibility index (Phi) is 3.32. The third-order valence-corrected chi connectivity index (χ3v) is 4.11. The van der Waals surface area contributed by atoms with Crippen LogP contribution >= 0.6 is 0 Å². The first-order valence-electron chi connectivity index (χ1n) is 7.03. The molecule has 4 heteroatoms. The Hall–Kier alpha value is -1.71. The van der Waals surface area contributed by atoms with Crippen LogP contribution in [0.5, 0.6) is 5.75 Å². The van der Waals surface area contributed by atoms with Crippen molar-refractivity contribution in [1.82, 2.24) is 0 Å². The summed E-state index contributed by atoms with van der Waals surface area (Å²) in [5.41, 5.74) is 1.87. The number of nitrogens with zero attached hydrogens (tertiary/aromatic N) is 1. The average molecular weight is 260 g/mol. The van der Waals surface area contributed by atoms with Gasteiger partial charge in [-0.3, -0.25) is 4.79 Å². The van der Waals surface area contributed by atoms with Gasteiger partial charge in [-0.15, -0.1) is 0 Å². The maximum atomic E-state index is 12.2. The first kappa shape index (κ1) is 12.3. The number of anilines is 2. The van der Waals surface area contributed by atoms with Gasteiger partial charge in [0.15, 0.2) is 6.61 Å². The van der Waals surface area contributed by atoms with E-state index in [2.05, 4.69) is 5.32 Å². The van der Waals surface area contributed by atoms with Crippen LogP contribution in [0.1, 0.15) is 25.7 Å². The number of hydrogen-bond acceptors (Lipinski definition) is 3. The van der Waals surface area contributed by atoms with Crippen LogP contribution in [-0.4, -0.2) is 26.1 Å². The molecule has 1 fully saturated rings. The second-order valence-electron chi connectivity index (χ2n) is 5.35. The lowest BCUT2D eigenvalue weighted by Gasteiger charge is -2.32. The van der Waals surface area contributed by atoms with Crippen LogP contribution in [0.15, 0.2) is 18.2 Å². The highest BCUT2D eigenvalue weighted by atomic mass is 16.5. The highest BCUT2D eigenvalue weighted by Crippen LogP contribution is 2.40. The molecule has 3 rings (SSSR count). The van der Waals surface area contributed by atoms with E-state index in [1.165, 1.54) is 25.7 Å². The lowest BCUT2D eigenvalue weighted by atomic mass is 10.1. The fourth-order valence-electron chi connectivity index (χ4n) is 3.11. The number of carbonyl (C=O) groups excluding carboxylic acids is 1. The van der Waals surface area contributed by atoms with Gasteiger partial charge in [0.1, 0.15) is 11.4 Å². The molecule has 1 heterocycles. The Morgan fingerprint density at radius 2 is 2.16 bits per heavy atom. The van der Waals surface area contributed by atoms with E-state index in [4.69, 9.17) is 4.74 Å². The van der Waals surface area contributed by atoms with E-state index >= 15 is 0 Å². The molecule has 1 aromatic carbocycles. The zero-order valence-corrected chi connectivity index (χ0v) is 11.3. The van der Waals surface area contributed by atoms with Crippen molar-refractivity contribution >= 4 is 17.3 Å². The molecule has 1 aromatic rings. The van der Waals surface area contributed by atoms with Gasteiger partial charge in [-0.05, 0) is 30.9 Å². The number of nitrogens with one attached hydrogen (secondary N) is 1. The summed E-state index contributed by atoms with van der Waals surface area (Å²) in [6, 6.07) is 5.88. The summed E-state index contributed by atoms with van der Waals surface area (Å²) in [7, 11) is 1.88. The van der Waals surface area contributed by atoms with E-state index in [-0.39, 0.29) is 12.5 Å². The summed E-state index contributed by atoms with van der Waals surface area (Å²) in [6.07, 6.45) is 5.07. The maximum Gasteiger partial charge on any atom is 0.265 e. The molecule has 0 radical (unpaired) electrons. The molecule has 0 saturated heterocycles. The van der Waals surface area contributed by atoms with Gasteiger partial charge < -0.3 is 15.0 Å². The molecule has 1 aliphatic carbocycles. The van der Waals surface area contributed by atoms with E-state index in [0.717, 1.165) is 23.7 Å². The fraction of sp³-hybridized carbons (Fsp3) is 0.533. The molecule has 0 spiro atoms. The topological polar surface area (TPSA) is 41.6 Å². The van der Waals surface area contributed by atoms with Crippen LogP contribution in [0.4, 0.5) is 11.4 Å². The van der Waals surface area contributed by atoms with Crippen LogP contribution in [0, 0.1) is 5.92 Å². The van der Waals surface area contributed by atoms with Crippen molar-refractivity contribution in [2.75, 3.05) is 30.4 Å². The number of rotatable bonds is 3. The number of fused-ring (bicyclic) bond motifs is 1. The van der Waals surface area contributed by atoms with Gasteiger partial charge >= 0.3 is 0 Å². The van der Waals surface area contributed by atoms with Gasteiger partial charge in [-0.2, -0.15) is 0 Å². The Morgan fingerprint density at radius 1 is 1.37 bits per heavy atom. The molecule has 0 aromatic heterocycles. The molecular formula is C15H20N2O2. The monoisotopic (exact) mass is 260 g/mol. The average Bonchev–Trinajstić information content (AvgIpc) is 2.94. The molecule has 1 saturated carbocycles. The predicted octanol–water partition coefficient (Wildman–Crippen LogP) is 2.64. The number of para-hydroxylation sites is 1. The van der Waals surface area contributed by atoms with Crippen molar-refractivity contribution in [3.63, 3.8) is 0 Å². The lowest BCUT2D eigenvalue weighted by molar-refractivity contribution is -0.121. The molecule has 4 nitrogen and oxygen atoms in total. The van der Waals surface area contributed by atoms with E-state index in [1.54, 1.807) is 0 Å². The van der Waals surface area contributed by atoms with Gasteiger partial charge in [0.25, 0.3) is 5.91 Å². The van der Waals surface area contributed by atoms with Crippen LogP contribution in [0.2, 0.25) is 0 Å². The predicted molar refractivity (Wildman–Crippen MR) is 75.8 cm³/mol. The molecule has 1 N–H and O–H groups in total. The molecule has 19 heavy (non-hydrogen) atoms. The highest BCUT2D eigenvalue weighted by Gasteiger charge is 2.30. The first-order valence-corrected chi connectivity index (χ1v) is 7.03. The fourth-order valence-corrected chi connectivity index (χ4v) is 3.11. The van der Waals surface area contributed by atoms with E-state index in [1.807, 2.05) is 30.1 Å². The van der Waals surface area contributed by atoms with Crippen molar-refractivity contribution in [2.45, 2.75) is 25.7 Å². The Balaban J connectivity index is 1.93. The standard InChI is InChI=1S/C15H20N2O2/c1-16-12-7-4-8-13-15(12)17(14(18)10-19-13)9-11-5-2-3-6-11/h4,7-8,11,16H,2-3,5-6,9-10H2,1H3. The van der Waals surface area contributed by atoms with E-state index in [9.17, 15) is 4.79 Å². The van der Waals surface area contributed by atoms with Crippen molar-refractivity contribution in [3.8, 4) is 5.75 Å². The van der Waals surface area contributed by atoms with Crippen LogP contribution in [0.25, 0.3) is 0 Å². The minimum Gasteiger partial charge on any atom is -0.481 e. The van der Waals surface area contributed by atoms with Crippen molar-refractivity contribution in [3.05, 3.63) is 18.2 Å². The van der Waals surface area contributed by atoms with Crippen LogP contribution in [0.3, 0.4) is 0 Å².